The minimum Gasteiger partial charge on any atom is -0.497 e. The standard InChI is InChI=1S/C27H19FN2O2/c1-32-21-15-13-20(14-16-21)30-26(23-11-4-5-12-24(23)28)29-25(27(30)31)17-19-9-6-8-18-7-2-3-10-22(18)19/h2-17H,1H3/b25-17+. The van der Waals surface area contributed by atoms with Gasteiger partial charge in [0.25, 0.3) is 5.91 Å². The molecule has 0 aliphatic carbocycles. The summed E-state index contributed by atoms with van der Waals surface area (Å²) in [6, 6.07) is 27.2. The highest BCUT2D eigenvalue weighted by molar-refractivity contribution is 6.33. The lowest BCUT2D eigenvalue weighted by molar-refractivity contribution is -0.113. The summed E-state index contributed by atoms with van der Waals surface area (Å²) in [7, 11) is 1.58. The van der Waals surface area contributed by atoms with Crippen LogP contribution >= 0.6 is 0 Å². The number of benzene rings is 4. The number of fused-ring (bicyclic) bond motifs is 1. The zero-order chi connectivity index (χ0) is 22.1. The number of amides is 1. The fraction of sp³-hybridized carbons (Fsp3) is 0.0370. The number of amidine groups is 1. The molecule has 32 heavy (non-hydrogen) atoms. The summed E-state index contributed by atoms with van der Waals surface area (Å²) in [5.74, 6) is 0.159. The molecular formula is C27H19FN2O2. The summed E-state index contributed by atoms with van der Waals surface area (Å²) in [4.78, 5) is 19.5. The molecule has 1 heterocycles. The molecule has 0 radical (unpaired) electrons. The molecule has 0 unspecified atom stereocenters. The van der Waals surface area contributed by atoms with Gasteiger partial charge in [-0.1, -0.05) is 54.6 Å². The first-order chi connectivity index (χ1) is 15.7. The van der Waals surface area contributed by atoms with Gasteiger partial charge in [-0.25, -0.2) is 9.38 Å². The number of halogens is 1. The quantitative estimate of drug-likeness (QED) is 0.389. The Bertz CT molecular complexity index is 1390. The van der Waals surface area contributed by atoms with Crippen LogP contribution in [0, 0.1) is 5.82 Å². The third kappa shape index (κ3) is 3.44. The molecule has 0 N–H and O–H groups in total. The minimum atomic E-state index is -0.441. The normalized spacial score (nSPS) is 14.8. The predicted octanol–water partition coefficient (Wildman–Crippen LogP) is 5.82. The molecule has 1 aliphatic rings. The summed E-state index contributed by atoms with van der Waals surface area (Å²) in [5, 5.41) is 2.08. The highest BCUT2D eigenvalue weighted by atomic mass is 19.1. The van der Waals surface area contributed by atoms with Gasteiger partial charge in [0, 0.05) is 0 Å². The first kappa shape index (κ1) is 19.7. The monoisotopic (exact) mass is 422 g/mol. The van der Waals surface area contributed by atoms with Crippen LogP contribution < -0.4 is 9.64 Å². The second kappa shape index (κ2) is 8.12. The third-order valence-electron chi connectivity index (χ3n) is 5.42. The van der Waals surface area contributed by atoms with Crippen LogP contribution in [0.15, 0.2) is 102 Å². The molecule has 156 valence electrons. The lowest BCUT2D eigenvalue weighted by Gasteiger charge is -2.19. The van der Waals surface area contributed by atoms with Crippen molar-refractivity contribution in [3.63, 3.8) is 0 Å². The van der Waals surface area contributed by atoms with Crippen LogP contribution in [0.2, 0.25) is 0 Å². The van der Waals surface area contributed by atoms with Gasteiger partial charge in [0.1, 0.15) is 17.3 Å². The van der Waals surface area contributed by atoms with Crippen molar-refractivity contribution in [2.45, 2.75) is 0 Å². The summed E-state index contributed by atoms with van der Waals surface area (Å²) in [6.07, 6.45) is 1.76. The van der Waals surface area contributed by atoms with Crippen LogP contribution in [0.1, 0.15) is 11.1 Å². The number of methoxy groups -OCH3 is 1. The maximum Gasteiger partial charge on any atom is 0.282 e. The number of hydrogen-bond acceptors (Lipinski definition) is 3. The number of rotatable bonds is 4. The van der Waals surface area contributed by atoms with Gasteiger partial charge in [0.2, 0.25) is 0 Å². The summed E-state index contributed by atoms with van der Waals surface area (Å²) >= 11 is 0. The molecule has 5 rings (SSSR count). The number of aliphatic imine (C=N–C) groups is 1. The van der Waals surface area contributed by atoms with Crippen LogP contribution in [-0.2, 0) is 4.79 Å². The molecule has 0 saturated heterocycles. The number of carbonyl (C=O) groups is 1. The van der Waals surface area contributed by atoms with Gasteiger partial charge >= 0.3 is 0 Å². The Morgan fingerprint density at radius 2 is 1.59 bits per heavy atom. The van der Waals surface area contributed by atoms with Crippen molar-refractivity contribution in [3.05, 3.63) is 114 Å². The number of hydrogen-bond donors (Lipinski definition) is 0. The Labute approximate surface area is 184 Å². The largest absolute Gasteiger partial charge is 0.497 e. The highest BCUT2D eigenvalue weighted by Gasteiger charge is 2.33. The van der Waals surface area contributed by atoms with E-state index in [0.29, 0.717) is 11.4 Å². The van der Waals surface area contributed by atoms with Crippen molar-refractivity contribution in [2.75, 3.05) is 12.0 Å². The van der Waals surface area contributed by atoms with E-state index in [0.717, 1.165) is 16.3 Å². The summed E-state index contributed by atoms with van der Waals surface area (Å²) in [6.45, 7) is 0. The van der Waals surface area contributed by atoms with Crippen molar-refractivity contribution in [1.29, 1.82) is 0 Å². The predicted molar refractivity (Wildman–Crippen MR) is 125 cm³/mol. The van der Waals surface area contributed by atoms with Crippen LogP contribution in [0.5, 0.6) is 5.75 Å². The first-order valence-corrected chi connectivity index (χ1v) is 10.2. The maximum absolute atomic E-state index is 14.7. The summed E-state index contributed by atoms with van der Waals surface area (Å²) in [5.41, 5.74) is 1.96. The van der Waals surface area contributed by atoms with Gasteiger partial charge in [0.15, 0.2) is 5.84 Å². The molecule has 0 spiro atoms. The van der Waals surface area contributed by atoms with Gasteiger partial charge in [-0.3, -0.25) is 9.69 Å². The minimum absolute atomic E-state index is 0.246. The second-order valence-corrected chi connectivity index (χ2v) is 7.35. The van der Waals surface area contributed by atoms with Gasteiger partial charge in [-0.2, -0.15) is 0 Å². The van der Waals surface area contributed by atoms with E-state index >= 15 is 0 Å². The first-order valence-electron chi connectivity index (χ1n) is 10.2. The molecule has 4 aromatic rings. The molecule has 0 bridgehead atoms. The van der Waals surface area contributed by atoms with Crippen molar-refractivity contribution < 1.29 is 13.9 Å². The van der Waals surface area contributed by atoms with E-state index in [-0.39, 0.29) is 23.0 Å². The van der Waals surface area contributed by atoms with Gasteiger partial charge < -0.3 is 4.74 Å². The summed E-state index contributed by atoms with van der Waals surface area (Å²) < 4.78 is 19.9. The van der Waals surface area contributed by atoms with Crippen molar-refractivity contribution >= 4 is 34.3 Å². The highest BCUT2D eigenvalue weighted by Crippen LogP contribution is 2.31. The van der Waals surface area contributed by atoms with E-state index in [1.165, 1.54) is 11.0 Å². The number of nitrogens with zero attached hydrogens (tertiary/aromatic N) is 2. The zero-order valence-corrected chi connectivity index (χ0v) is 17.3. The maximum atomic E-state index is 14.7. The van der Waals surface area contributed by atoms with E-state index in [1.54, 1.807) is 55.7 Å². The van der Waals surface area contributed by atoms with E-state index in [2.05, 4.69) is 4.99 Å². The molecule has 0 atom stereocenters. The Morgan fingerprint density at radius 1 is 0.875 bits per heavy atom. The van der Waals surface area contributed by atoms with E-state index in [9.17, 15) is 9.18 Å². The molecular weight excluding hydrogens is 403 g/mol. The van der Waals surface area contributed by atoms with Gasteiger partial charge in [0.05, 0.1) is 18.4 Å². The fourth-order valence-electron chi connectivity index (χ4n) is 3.83. The van der Waals surface area contributed by atoms with E-state index in [4.69, 9.17) is 4.74 Å². The Morgan fingerprint density at radius 3 is 2.38 bits per heavy atom. The zero-order valence-electron chi connectivity index (χ0n) is 17.3. The molecule has 0 saturated carbocycles. The average Bonchev–Trinajstić information content (AvgIpc) is 3.15. The molecule has 0 aromatic heterocycles. The molecule has 5 heteroatoms. The van der Waals surface area contributed by atoms with Gasteiger partial charge in [-0.15, -0.1) is 0 Å². The molecule has 4 nitrogen and oxygen atoms in total. The third-order valence-corrected chi connectivity index (χ3v) is 5.42. The van der Waals surface area contributed by atoms with Crippen molar-refractivity contribution in [2.24, 2.45) is 4.99 Å². The second-order valence-electron chi connectivity index (χ2n) is 7.35. The topological polar surface area (TPSA) is 41.9 Å². The SMILES string of the molecule is COc1ccc(N2C(=O)/C(=C\c3cccc4ccccc34)N=C2c2ccccc2F)cc1. The number of ether oxygens (including phenoxy) is 1. The van der Waals surface area contributed by atoms with E-state index < -0.39 is 5.82 Å². The lowest BCUT2D eigenvalue weighted by Crippen LogP contribution is -2.33. The molecule has 1 aliphatic heterocycles. The fourth-order valence-corrected chi connectivity index (χ4v) is 3.83. The number of carbonyl (C=O) groups excluding carboxylic acids is 1. The van der Waals surface area contributed by atoms with Crippen molar-refractivity contribution in [3.8, 4) is 5.75 Å². The van der Waals surface area contributed by atoms with Gasteiger partial charge in [-0.05, 0) is 58.8 Å². The van der Waals surface area contributed by atoms with Crippen LogP contribution in [0.25, 0.3) is 16.8 Å². The van der Waals surface area contributed by atoms with E-state index in [1.807, 2.05) is 42.5 Å². The number of anilines is 1. The Hall–Kier alpha value is -4.25. The van der Waals surface area contributed by atoms with Crippen molar-refractivity contribution in [1.82, 2.24) is 0 Å². The van der Waals surface area contributed by atoms with Crippen LogP contribution in [-0.4, -0.2) is 18.9 Å². The molecule has 0 fully saturated rings. The molecule has 1 amide bonds. The van der Waals surface area contributed by atoms with Crippen LogP contribution in [0.4, 0.5) is 10.1 Å². The Kier molecular flexibility index (Phi) is 5.00. The molecule has 4 aromatic carbocycles. The Balaban J connectivity index is 1.66. The average molecular weight is 422 g/mol. The lowest BCUT2D eigenvalue weighted by atomic mass is 10.0. The smallest absolute Gasteiger partial charge is 0.282 e. The van der Waals surface area contributed by atoms with Crippen LogP contribution in [0.3, 0.4) is 0 Å².